The molecule has 0 aromatic heterocycles. The van der Waals surface area contributed by atoms with Crippen LogP contribution in [0.2, 0.25) is 0 Å². The summed E-state index contributed by atoms with van der Waals surface area (Å²) < 4.78 is 25.1. The highest BCUT2D eigenvalue weighted by Gasteiger charge is 2.31. The van der Waals surface area contributed by atoms with E-state index in [1.807, 2.05) is 0 Å². The van der Waals surface area contributed by atoms with Crippen LogP contribution < -0.4 is 11.1 Å². The number of hydrogen-bond acceptors (Lipinski definition) is 4. The van der Waals surface area contributed by atoms with Crippen LogP contribution in [0.5, 0.6) is 0 Å². The first kappa shape index (κ1) is 17.4. The first-order valence-electron chi connectivity index (χ1n) is 7.40. The van der Waals surface area contributed by atoms with Crippen molar-refractivity contribution in [2.75, 3.05) is 12.3 Å². The molecule has 1 unspecified atom stereocenters. The quantitative estimate of drug-likeness (QED) is 0.710. The van der Waals surface area contributed by atoms with Crippen LogP contribution in [-0.4, -0.2) is 32.7 Å². The van der Waals surface area contributed by atoms with E-state index in [4.69, 9.17) is 5.73 Å². The van der Waals surface area contributed by atoms with E-state index in [0.29, 0.717) is 18.9 Å². The van der Waals surface area contributed by atoms with Crippen molar-refractivity contribution in [3.8, 4) is 0 Å². The van der Waals surface area contributed by atoms with Gasteiger partial charge in [0.2, 0.25) is 5.91 Å². The van der Waals surface area contributed by atoms with Gasteiger partial charge in [-0.3, -0.25) is 4.79 Å². The second-order valence-electron chi connectivity index (χ2n) is 5.62. The third-order valence-electron chi connectivity index (χ3n) is 3.78. The maximum Gasteiger partial charge on any atom is 0.220 e. The molecule has 3 N–H and O–H groups in total. The largest absolute Gasteiger partial charge is 0.352 e. The fourth-order valence-corrected chi connectivity index (χ4v) is 3.90. The molecule has 5 nitrogen and oxygen atoms in total. The van der Waals surface area contributed by atoms with E-state index in [2.05, 4.69) is 21.2 Å². The third-order valence-corrected chi connectivity index (χ3v) is 6.13. The van der Waals surface area contributed by atoms with Crippen LogP contribution in [0, 0.1) is 5.92 Å². The second kappa shape index (κ2) is 7.57. The first-order chi connectivity index (χ1) is 10.4. The van der Waals surface area contributed by atoms with Crippen LogP contribution in [0.1, 0.15) is 25.7 Å². The van der Waals surface area contributed by atoms with Crippen molar-refractivity contribution in [1.29, 1.82) is 0 Å². The van der Waals surface area contributed by atoms with Crippen molar-refractivity contribution in [3.05, 3.63) is 28.7 Å². The summed E-state index contributed by atoms with van der Waals surface area (Å²) in [5.41, 5.74) is 5.63. The fraction of sp³-hybridized carbons (Fsp3) is 0.533. The molecule has 1 aromatic carbocycles. The monoisotopic (exact) mass is 388 g/mol. The minimum Gasteiger partial charge on any atom is -0.352 e. The molecule has 0 radical (unpaired) electrons. The van der Waals surface area contributed by atoms with Crippen LogP contribution in [0.25, 0.3) is 0 Å². The zero-order valence-corrected chi connectivity index (χ0v) is 14.7. The lowest BCUT2D eigenvalue weighted by Gasteiger charge is -2.15. The number of benzene rings is 1. The highest BCUT2D eigenvalue weighted by molar-refractivity contribution is 9.10. The van der Waals surface area contributed by atoms with E-state index in [1.165, 1.54) is 0 Å². The van der Waals surface area contributed by atoms with Crippen LogP contribution in [0.3, 0.4) is 0 Å². The number of rotatable bonds is 8. The van der Waals surface area contributed by atoms with Crippen molar-refractivity contribution in [3.63, 3.8) is 0 Å². The van der Waals surface area contributed by atoms with Gasteiger partial charge in [0.1, 0.15) is 0 Å². The first-order valence-corrected chi connectivity index (χ1v) is 9.84. The third kappa shape index (κ3) is 5.07. The smallest absolute Gasteiger partial charge is 0.220 e. The van der Waals surface area contributed by atoms with Gasteiger partial charge in [-0.15, -0.1) is 0 Å². The van der Waals surface area contributed by atoms with Gasteiger partial charge < -0.3 is 11.1 Å². The van der Waals surface area contributed by atoms with Gasteiger partial charge in [0.05, 0.1) is 10.6 Å². The number of hydrogen-bond donors (Lipinski definition) is 2. The predicted molar refractivity (Wildman–Crippen MR) is 89.1 cm³/mol. The van der Waals surface area contributed by atoms with E-state index in [1.54, 1.807) is 24.3 Å². The lowest BCUT2D eigenvalue weighted by Crippen LogP contribution is -2.41. The molecule has 122 valence electrons. The molecule has 0 heterocycles. The normalized spacial score (nSPS) is 16.3. The number of carbonyl (C=O) groups is 1. The Bertz CT molecular complexity index is 612. The zero-order valence-electron chi connectivity index (χ0n) is 12.3. The van der Waals surface area contributed by atoms with E-state index < -0.39 is 9.84 Å². The van der Waals surface area contributed by atoms with Crippen molar-refractivity contribution in [1.82, 2.24) is 5.32 Å². The lowest BCUT2D eigenvalue weighted by molar-refractivity contribution is -0.121. The van der Waals surface area contributed by atoms with Gasteiger partial charge in [0.25, 0.3) is 0 Å². The molecule has 1 aliphatic carbocycles. The molecule has 22 heavy (non-hydrogen) atoms. The van der Waals surface area contributed by atoms with Crippen molar-refractivity contribution in [2.24, 2.45) is 11.7 Å². The Balaban J connectivity index is 1.79. The fourth-order valence-electron chi connectivity index (χ4n) is 2.33. The number of halogens is 1. The summed E-state index contributed by atoms with van der Waals surface area (Å²) in [7, 11) is -3.34. The standard InChI is InChI=1S/C15H21BrN2O3S/c16-12-5-7-13(8-6-12)22(20,21)9-1-2-15(19)18-14(10-17)11-3-4-11/h5-8,11,14H,1-4,9-10,17H2,(H,18,19). The Kier molecular flexibility index (Phi) is 6.00. The lowest BCUT2D eigenvalue weighted by atomic mass is 10.2. The van der Waals surface area contributed by atoms with Gasteiger partial charge in [0, 0.05) is 23.5 Å². The SMILES string of the molecule is NCC(NC(=O)CCCS(=O)(=O)c1ccc(Br)cc1)C1CC1. The summed E-state index contributed by atoms with van der Waals surface area (Å²) in [5, 5.41) is 2.90. The molecule has 1 atom stereocenters. The Morgan fingerprint density at radius 2 is 1.95 bits per heavy atom. The van der Waals surface area contributed by atoms with Crippen molar-refractivity contribution < 1.29 is 13.2 Å². The van der Waals surface area contributed by atoms with Gasteiger partial charge in [-0.2, -0.15) is 0 Å². The molecule has 0 saturated heterocycles. The van der Waals surface area contributed by atoms with Crippen LogP contribution in [0.4, 0.5) is 0 Å². The zero-order chi connectivity index (χ0) is 16.2. The summed E-state index contributed by atoms with van der Waals surface area (Å²) in [4.78, 5) is 12.1. The molecule has 1 aromatic rings. The van der Waals surface area contributed by atoms with E-state index in [9.17, 15) is 13.2 Å². The molecule has 1 fully saturated rings. The number of sulfone groups is 1. The summed E-state index contributed by atoms with van der Waals surface area (Å²) in [6.07, 6.45) is 2.74. The van der Waals surface area contributed by atoms with E-state index >= 15 is 0 Å². The minimum absolute atomic E-state index is 0.0290. The summed E-state index contributed by atoms with van der Waals surface area (Å²) in [6, 6.07) is 6.56. The van der Waals surface area contributed by atoms with Gasteiger partial charge in [-0.25, -0.2) is 8.42 Å². The highest BCUT2D eigenvalue weighted by atomic mass is 79.9. The van der Waals surface area contributed by atoms with E-state index in [-0.39, 0.29) is 29.0 Å². The number of nitrogens with one attached hydrogen (secondary N) is 1. The van der Waals surface area contributed by atoms with Crippen LogP contribution in [0.15, 0.2) is 33.6 Å². The average molecular weight is 389 g/mol. The molecule has 0 aliphatic heterocycles. The maximum absolute atomic E-state index is 12.2. The average Bonchev–Trinajstić information content (AvgIpc) is 3.29. The summed E-state index contributed by atoms with van der Waals surface area (Å²) in [6.45, 7) is 0.438. The molecule has 7 heteroatoms. The maximum atomic E-state index is 12.2. The Labute approximate surface area is 139 Å². The van der Waals surface area contributed by atoms with Crippen LogP contribution >= 0.6 is 15.9 Å². The molecule has 1 amide bonds. The molecular formula is C15H21BrN2O3S. The molecule has 1 aliphatic rings. The van der Waals surface area contributed by atoms with Crippen molar-refractivity contribution >= 4 is 31.7 Å². The molecular weight excluding hydrogens is 368 g/mol. The molecule has 2 rings (SSSR count). The Hall–Kier alpha value is -0.920. The van der Waals surface area contributed by atoms with Gasteiger partial charge in [0.15, 0.2) is 9.84 Å². The van der Waals surface area contributed by atoms with Crippen molar-refractivity contribution in [2.45, 2.75) is 36.6 Å². The topological polar surface area (TPSA) is 89.3 Å². The van der Waals surface area contributed by atoms with Gasteiger partial charge >= 0.3 is 0 Å². The summed E-state index contributed by atoms with van der Waals surface area (Å²) >= 11 is 3.27. The van der Waals surface area contributed by atoms with Gasteiger partial charge in [-0.05, 0) is 49.4 Å². The number of amides is 1. The summed E-state index contributed by atoms with van der Waals surface area (Å²) in [5.74, 6) is 0.354. The van der Waals surface area contributed by atoms with Gasteiger partial charge in [-0.1, -0.05) is 15.9 Å². The molecule has 1 saturated carbocycles. The predicted octanol–water partition coefficient (Wildman–Crippen LogP) is 1.86. The highest BCUT2D eigenvalue weighted by Crippen LogP contribution is 2.32. The molecule has 0 spiro atoms. The minimum atomic E-state index is -3.34. The Morgan fingerprint density at radius 3 is 2.50 bits per heavy atom. The Morgan fingerprint density at radius 1 is 1.32 bits per heavy atom. The number of nitrogens with two attached hydrogens (primary N) is 1. The van der Waals surface area contributed by atoms with Crippen LogP contribution in [-0.2, 0) is 14.6 Å². The number of carbonyl (C=O) groups excluding carboxylic acids is 1. The second-order valence-corrected chi connectivity index (χ2v) is 8.65. The molecule has 0 bridgehead atoms. The van der Waals surface area contributed by atoms with E-state index in [0.717, 1.165) is 17.3 Å².